The fourth-order valence-electron chi connectivity index (χ4n) is 2.46. The molecular formula is C20H26N2O2. The number of nitrogen functional groups attached to an aromatic ring is 1. The predicted molar refractivity (Wildman–Crippen MR) is 98.1 cm³/mol. The summed E-state index contributed by atoms with van der Waals surface area (Å²) in [4.78, 5) is 12.1. The van der Waals surface area contributed by atoms with Crippen LogP contribution in [-0.2, 0) is 11.2 Å². The third-order valence-electron chi connectivity index (χ3n) is 4.05. The van der Waals surface area contributed by atoms with Crippen LogP contribution in [0.15, 0.2) is 48.5 Å². The minimum atomic E-state index is -0.0307. The number of para-hydroxylation sites is 2. The Morgan fingerprint density at radius 2 is 1.88 bits per heavy atom. The van der Waals surface area contributed by atoms with E-state index in [1.165, 1.54) is 0 Å². The largest absolute Gasteiger partial charge is 0.488 e. The normalized spacial score (nSPS) is 11.8. The van der Waals surface area contributed by atoms with Gasteiger partial charge in [0.25, 0.3) is 0 Å². The lowest BCUT2D eigenvalue weighted by Gasteiger charge is -2.19. The number of carbonyl (C=O) groups excluding carboxylic acids is 1. The van der Waals surface area contributed by atoms with Crippen molar-refractivity contribution in [3.05, 3.63) is 59.7 Å². The zero-order valence-corrected chi connectivity index (χ0v) is 14.4. The number of nitrogens with two attached hydrogens (primary N) is 1. The van der Waals surface area contributed by atoms with Gasteiger partial charge in [0.15, 0.2) is 0 Å². The zero-order valence-electron chi connectivity index (χ0n) is 14.4. The van der Waals surface area contributed by atoms with Crippen LogP contribution in [0.3, 0.4) is 0 Å². The number of nitrogens with one attached hydrogen (secondary N) is 1. The standard InChI is InChI=1S/C20H26N2O2/c1-3-17(24-19-11-7-4-8-15(19)2)14-22-20(23)13-12-16-9-5-6-10-18(16)21/h4-11,17H,3,12-14,21H2,1-2H3,(H,22,23). The summed E-state index contributed by atoms with van der Waals surface area (Å²) in [5.41, 5.74) is 8.74. The van der Waals surface area contributed by atoms with Gasteiger partial charge in [0.2, 0.25) is 5.91 Å². The summed E-state index contributed by atoms with van der Waals surface area (Å²) in [5.74, 6) is 0.890. The highest BCUT2D eigenvalue weighted by Gasteiger charge is 2.12. The van der Waals surface area contributed by atoms with Gasteiger partial charge in [-0.25, -0.2) is 0 Å². The maximum atomic E-state index is 12.1. The van der Waals surface area contributed by atoms with Crippen molar-refractivity contribution in [1.82, 2.24) is 5.32 Å². The molecule has 0 saturated carbocycles. The van der Waals surface area contributed by atoms with E-state index >= 15 is 0 Å². The summed E-state index contributed by atoms with van der Waals surface area (Å²) < 4.78 is 5.99. The van der Waals surface area contributed by atoms with Crippen molar-refractivity contribution < 1.29 is 9.53 Å². The molecule has 0 saturated heterocycles. The number of carbonyl (C=O) groups is 1. The summed E-state index contributed by atoms with van der Waals surface area (Å²) in [5, 5.41) is 2.96. The molecule has 1 unspecified atom stereocenters. The van der Waals surface area contributed by atoms with Crippen LogP contribution in [0.4, 0.5) is 5.69 Å². The van der Waals surface area contributed by atoms with E-state index in [0.717, 1.165) is 29.0 Å². The molecule has 2 aromatic carbocycles. The smallest absolute Gasteiger partial charge is 0.220 e. The van der Waals surface area contributed by atoms with Gasteiger partial charge in [-0.05, 0) is 43.0 Å². The molecule has 4 heteroatoms. The predicted octanol–water partition coefficient (Wildman–Crippen LogP) is 3.48. The number of aryl methyl sites for hydroxylation is 2. The van der Waals surface area contributed by atoms with Gasteiger partial charge < -0.3 is 15.8 Å². The molecular weight excluding hydrogens is 300 g/mol. The van der Waals surface area contributed by atoms with Crippen LogP contribution in [0, 0.1) is 6.92 Å². The highest BCUT2D eigenvalue weighted by Crippen LogP contribution is 2.18. The molecule has 0 radical (unpaired) electrons. The molecule has 0 spiro atoms. The Labute approximate surface area is 144 Å². The quantitative estimate of drug-likeness (QED) is 0.730. The van der Waals surface area contributed by atoms with Crippen molar-refractivity contribution in [3.8, 4) is 5.75 Å². The molecule has 0 aliphatic carbocycles. The second-order valence-corrected chi connectivity index (χ2v) is 5.92. The lowest BCUT2D eigenvalue weighted by molar-refractivity contribution is -0.121. The average molecular weight is 326 g/mol. The maximum absolute atomic E-state index is 12.1. The van der Waals surface area contributed by atoms with Crippen LogP contribution in [0.2, 0.25) is 0 Å². The van der Waals surface area contributed by atoms with Crippen LogP contribution in [0.25, 0.3) is 0 Å². The average Bonchev–Trinajstić information content (AvgIpc) is 2.59. The molecule has 1 atom stereocenters. The zero-order chi connectivity index (χ0) is 17.4. The molecule has 0 heterocycles. The van der Waals surface area contributed by atoms with Gasteiger partial charge >= 0.3 is 0 Å². The number of benzene rings is 2. The van der Waals surface area contributed by atoms with Crippen LogP contribution < -0.4 is 15.8 Å². The Morgan fingerprint density at radius 3 is 2.58 bits per heavy atom. The maximum Gasteiger partial charge on any atom is 0.220 e. The minimum Gasteiger partial charge on any atom is -0.488 e. The fraction of sp³-hybridized carbons (Fsp3) is 0.350. The van der Waals surface area contributed by atoms with E-state index in [1.807, 2.05) is 55.5 Å². The Balaban J connectivity index is 1.79. The highest BCUT2D eigenvalue weighted by atomic mass is 16.5. The Morgan fingerprint density at radius 1 is 1.17 bits per heavy atom. The summed E-state index contributed by atoms with van der Waals surface area (Å²) in [6.07, 6.45) is 1.88. The number of ether oxygens (including phenoxy) is 1. The van der Waals surface area contributed by atoms with Crippen molar-refractivity contribution in [2.45, 2.75) is 39.2 Å². The van der Waals surface area contributed by atoms with Gasteiger partial charge in [-0.3, -0.25) is 4.79 Å². The Kier molecular flexibility index (Phi) is 6.67. The Bertz CT molecular complexity index is 670. The first-order chi connectivity index (χ1) is 11.6. The molecule has 24 heavy (non-hydrogen) atoms. The van der Waals surface area contributed by atoms with E-state index in [0.29, 0.717) is 19.4 Å². The van der Waals surface area contributed by atoms with Gasteiger partial charge in [0.1, 0.15) is 11.9 Å². The van der Waals surface area contributed by atoms with Gasteiger partial charge in [0, 0.05) is 12.1 Å². The van der Waals surface area contributed by atoms with E-state index in [1.54, 1.807) is 0 Å². The second-order valence-electron chi connectivity index (χ2n) is 5.92. The van der Waals surface area contributed by atoms with E-state index in [4.69, 9.17) is 10.5 Å². The molecule has 3 N–H and O–H groups in total. The number of rotatable bonds is 8. The van der Waals surface area contributed by atoms with E-state index < -0.39 is 0 Å². The number of anilines is 1. The number of hydrogen-bond donors (Lipinski definition) is 2. The first kappa shape index (κ1) is 17.9. The van der Waals surface area contributed by atoms with Crippen LogP contribution in [-0.4, -0.2) is 18.6 Å². The third-order valence-corrected chi connectivity index (χ3v) is 4.05. The fourth-order valence-corrected chi connectivity index (χ4v) is 2.46. The monoisotopic (exact) mass is 326 g/mol. The Hall–Kier alpha value is -2.49. The molecule has 2 rings (SSSR count). The summed E-state index contributed by atoms with van der Waals surface area (Å²) in [6, 6.07) is 15.6. The van der Waals surface area contributed by atoms with E-state index in [2.05, 4.69) is 12.2 Å². The molecule has 1 amide bonds. The van der Waals surface area contributed by atoms with Crippen LogP contribution >= 0.6 is 0 Å². The van der Waals surface area contributed by atoms with Gasteiger partial charge in [0.05, 0.1) is 6.54 Å². The molecule has 2 aromatic rings. The van der Waals surface area contributed by atoms with Gasteiger partial charge in [-0.15, -0.1) is 0 Å². The van der Waals surface area contributed by atoms with E-state index in [9.17, 15) is 4.79 Å². The molecule has 0 aliphatic rings. The SMILES string of the molecule is CCC(CNC(=O)CCc1ccccc1N)Oc1ccccc1C. The van der Waals surface area contributed by atoms with Crippen molar-refractivity contribution in [1.29, 1.82) is 0 Å². The van der Waals surface area contributed by atoms with Crippen LogP contribution in [0.5, 0.6) is 5.75 Å². The highest BCUT2D eigenvalue weighted by molar-refractivity contribution is 5.76. The first-order valence-corrected chi connectivity index (χ1v) is 8.42. The molecule has 0 bridgehead atoms. The summed E-state index contributed by atoms with van der Waals surface area (Å²) in [7, 11) is 0. The molecule has 0 aliphatic heterocycles. The molecule has 4 nitrogen and oxygen atoms in total. The van der Waals surface area contributed by atoms with Crippen molar-refractivity contribution in [3.63, 3.8) is 0 Å². The summed E-state index contributed by atoms with van der Waals surface area (Å²) >= 11 is 0. The van der Waals surface area contributed by atoms with Crippen LogP contribution in [0.1, 0.15) is 30.9 Å². The minimum absolute atomic E-state index is 0.0186. The molecule has 0 fully saturated rings. The third kappa shape index (κ3) is 5.30. The lowest BCUT2D eigenvalue weighted by atomic mass is 10.1. The van der Waals surface area contributed by atoms with E-state index in [-0.39, 0.29) is 12.0 Å². The summed E-state index contributed by atoms with van der Waals surface area (Å²) in [6.45, 7) is 4.58. The first-order valence-electron chi connectivity index (χ1n) is 8.42. The second kappa shape index (κ2) is 8.96. The van der Waals surface area contributed by atoms with Crippen molar-refractivity contribution in [2.24, 2.45) is 0 Å². The van der Waals surface area contributed by atoms with Gasteiger partial charge in [-0.1, -0.05) is 43.3 Å². The number of hydrogen-bond acceptors (Lipinski definition) is 3. The van der Waals surface area contributed by atoms with Crippen molar-refractivity contribution >= 4 is 11.6 Å². The number of amides is 1. The van der Waals surface area contributed by atoms with Crippen molar-refractivity contribution in [2.75, 3.05) is 12.3 Å². The topological polar surface area (TPSA) is 64.4 Å². The lowest BCUT2D eigenvalue weighted by Crippen LogP contribution is -2.35. The molecule has 128 valence electrons. The van der Waals surface area contributed by atoms with Gasteiger partial charge in [-0.2, -0.15) is 0 Å². The molecule has 0 aromatic heterocycles.